The van der Waals surface area contributed by atoms with Crippen molar-refractivity contribution >= 4 is 33.6 Å². The first-order valence-electron chi connectivity index (χ1n) is 4.83. The first-order chi connectivity index (χ1) is 7.83. The summed E-state index contributed by atoms with van der Waals surface area (Å²) < 4.78 is 2.88. The minimum absolute atomic E-state index is 0.912. The monoisotopic (exact) mass is 293 g/mol. The number of rotatable bonds is 1. The van der Waals surface area contributed by atoms with Gasteiger partial charge in [0.1, 0.15) is 0 Å². The zero-order valence-electron chi connectivity index (χ0n) is 8.26. The Kier molecular flexibility index (Phi) is 2.53. The summed E-state index contributed by atoms with van der Waals surface area (Å²) in [7, 11) is 0. The predicted molar refractivity (Wildman–Crippen MR) is 69.5 cm³/mol. The number of anilines is 1. The molecule has 0 aromatic heterocycles. The van der Waals surface area contributed by atoms with Gasteiger partial charge >= 0.3 is 0 Å². The minimum Gasteiger partial charge on any atom is -0.367 e. The van der Waals surface area contributed by atoms with Crippen molar-refractivity contribution in [3.05, 3.63) is 53.0 Å². The average molecular weight is 294 g/mol. The first-order valence-corrected chi connectivity index (χ1v) is 6.40. The lowest BCUT2D eigenvalue weighted by Crippen LogP contribution is -2.13. The molecule has 0 saturated heterocycles. The van der Waals surface area contributed by atoms with E-state index in [0.29, 0.717) is 0 Å². The fourth-order valence-electron chi connectivity index (χ4n) is 1.47. The third-order valence-corrected chi connectivity index (χ3v) is 3.76. The second-order valence-corrected chi connectivity index (χ2v) is 5.23. The molecule has 80 valence electrons. The van der Waals surface area contributed by atoms with Gasteiger partial charge in [-0.2, -0.15) is 0 Å². The highest BCUT2D eigenvalue weighted by molar-refractivity contribution is 9.10. The van der Waals surface area contributed by atoms with Gasteiger partial charge in [0.25, 0.3) is 0 Å². The molecule has 2 aromatic rings. The van der Waals surface area contributed by atoms with Gasteiger partial charge in [0.05, 0.1) is 10.6 Å². The molecule has 1 aliphatic heterocycles. The van der Waals surface area contributed by atoms with E-state index in [9.17, 15) is 0 Å². The lowest BCUT2D eigenvalue weighted by atomic mass is 10.3. The van der Waals surface area contributed by atoms with Crippen LogP contribution in [0, 0.1) is 0 Å². The summed E-state index contributed by atoms with van der Waals surface area (Å²) in [5, 5.41) is 0. The molecule has 0 aliphatic carbocycles. The third kappa shape index (κ3) is 1.79. The largest absolute Gasteiger partial charge is 0.367 e. The molecule has 0 N–H and O–H groups in total. The molecule has 0 bridgehead atoms. The van der Waals surface area contributed by atoms with E-state index in [1.54, 1.807) is 11.9 Å². The topological polar surface area (TPSA) is 12.5 Å². The van der Waals surface area contributed by atoms with Crippen LogP contribution in [0.3, 0.4) is 0 Å². The number of benzene rings is 2. The van der Waals surface area contributed by atoms with E-state index in [1.807, 2.05) is 46.9 Å². The van der Waals surface area contributed by atoms with E-state index in [1.165, 1.54) is 0 Å². The fraction of sp³-hybridized carbons (Fsp3) is 0. The van der Waals surface area contributed by atoms with Gasteiger partial charge < -0.3 is 4.84 Å². The zero-order valence-corrected chi connectivity index (χ0v) is 10.7. The van der Waals surface area contributed by atoms with Crippen LogP contribution in [0.15, 0.2) is 57.9 Å². The molecule has 0 radical (unpaired) electrons. The van der Waals surface area contributed by atoms with Crippen LogP contribution in [0.1, 0.15) is 0 Å². The SMILES string of the molecule is Brc1ccc(N2Oc3ccccc3S2)cc1. The van der Waals surface area contributed by atoms with Crippen molar-refractivity contribution < 1.29 is 4.84 Å². The molecule has 0 unspecified atom stereocenters. The van der Waals surface area contributed by atoms with Gasteiger partial charge in [0.15, 0.2) is 5.75 Å². The van der Waals surface area contributed by atoms with E-state index < -0.39 is 0 Å². The Labute approximate surface area is 106 Å². The van der Waals surface area contributed by atoms with Crippen LogP contribution in [-0.4, -0.2) is 0 Å². The van der Waals surface area contributed by atoms with Crippen LogP contribution in [0.4, 0.5) is 5.69 Å². The van der Waals surface area contributed by atoms with Crippen LogP contribution < -0.4 is 9.31 Å². The maximum Gasteiger partial charge on any atom is 0.172 e. The van der Waals surface area contributed by atoms with Gasteiger partial charge in [-0.25, -0.2) is 0 Å². The average Bonchev–Trinajstić information content (AvgIpc) is 2.73. The Morgan fingerprint density at radius 1 is 1.00 bits per heavy atom. The van der Waals surface area contributed by atoms with Gasteiger partial charge in [0, 0.05) is 16.4 Å². The molecule has 0 spiro atoms. The smallest absolute Gasteiger partial charge is 0.172 e. The van der Waals surface area contributed by atoms with Crippen molar-refractivity contribution in [1.82, 2.24) is 0 Å². The minimum atomic E-state index is 0.912. The second kappa shape index (κ2) is 4.03. The Balaban J connectivity index is 1.88. The van der Waals surface area contributed by atoms with Crippen LogP contribution in [0.5, 0.6) is 5.75 Å². The molecule has 4 heteroatoms. The van der Waals surface area contributed by atoms with Crippen molar-refractivity contribution in [3.8, 4) is 5.75 Å². The van der Waals surface area contributed by atoms with Gasteiger partial charge in [-0.05, 0) is 36.4 Å². The number of para-hydroxylation sites is 1. The summed E-state index contributed by atoms with van der Waals surface area (Å²) in [5.41, 5.74) is 1.03. The van der Waals surface area contributed by atoms with Crippen molar-refractivity contribution in [3.63, 3.8) is 0 Å². The molecule has 1 heterocycles. The molecule has 3 rings (SSSR count). The van der Waals surface area contributed by atoms with E-state index in [2.05, 4.69) is 22.0 Å². The molecular weight excluding hydrogens is 286 g/mol. The predicted octanol–water partition coefficient (Wildman–Crippen LogP) is 4.27. The molecule has 16 heavy (non-hydrogen) atoms. The summed E-state index contributed by atoms with van der Waals surface area (Å²) in [6.45, 7) is 0. The standard InChI is InChI=1S/C12H8BrNOS/c13-9-5-7-10(8-6-9)14-15-11-3-1-2-4-12(11)16-14/h1-8H. The molecule has 2 nitrogen and oxygen atoms in total. The van der Waals surface area contributed by atoms with Gasteiger partial charge in [-0.15, -0.1) is 4.47 Å². The number of halogens is 1. The van der Waals surface area contributed by atoms with Crippen molar-refractivity contribution in [2.24, 2.45) is 0 Å². The van der Waals surface area contributed by atoms with Crippen LogP contribution in [0.25, 0.3) is 0 Å². The van der Waals surface area contributed by atoms with Crippen molar-refractivity contribution in [2.75, 3.05) is 4.47 Å². The quantitative estimate of drug-likeness (QED) is 0.729. The Morgan fingerprint density at radius 3 is 2.50 bits per heavy atom. The molecule has 0 fully saturated rings. The van der Waals surface area contributed by atoms with Gasteiger partial charge in [0.2, 0.25) is 0 Å². The van der Waals surface area contributed by atoms with Crippen molar-refractivity contribution in [1.29, 1.82) is 0 Å². The molecule has 0 saturated carbocycles. The number of nitrogens with zero attached hydrogens (tertiary/aromatic N) is 1. The highest BCUT2D eigenvalue weighted by Crippen LogP contribution is 2.42. The highest BCUT2D eigenvalue weighted by atomic mass is 79.9. The maximum absolute atomic E-state index is 5.71. The molecular formula is C12H8BrNOS. The Hall–Kier alpha value is -1.13. The fourth-order valence-corrected chi connectivity index (χ4v) is 2.59. The zero-order chi connectivity index (χ0) is 11.0. The summed E-state index contributed by atoms with van der Waals surface area (Å²) in [5.74, 6) is 0.912. The van der Waals surface area contributed by atoms with Crippen LogP contribution in [0.2, 0.25) is 0 Å². The summed E-state index contributed by atoms with van der Waals surface area (Å²) in [6, 6.07) is 16.1. The third-order valence-electron chi connectivity index (χ3n) is 2.25. The number of hydrogen-bond acceptors (Lipinski definition) is 3. The maximum atomic E-state index is 5.71. The van der Waals surface area contributed by atoms with E-state index in [0.717, 1.165) is 20.8 Å². The van der Waals surface area contributed by atoms with E-state index >= 15 is 0 Å². The first kappa shape index (κ1) is 10.1. The number of fused-ring (bicyclic) bond motifs is 1. The summed E-state index contributed by atoms with van der Waals surface area (Å²) >= 11 is 5.01. The molecule has 0 amide bonds. The van der Waals surface area contributed by atoms with Gasteiger partial charge in [-0.3, -0.25) is 0 Å². The van der Waals surface area contributed by atoms with Crippen LogP contribution in [-0.2, 0) is 0 Å². The van der Waals surface area contributed by atoms with Crippen molar-refractivity contribution in [2.45, 2.75) is 4.90 Å². The summed E-state index contributed by atoms with van der Waals surface area (Å²) in [6.07, 6.45) is 0. The lowest BCUT2D eigenvalue weighted by Gasteiger charge is -2.14. The normalized spacial score (nSPS) is 13.4. The Morgan fingerprint density at radius 2 is 1.75 bits per heavy atom. The van der Waals surface area contributed by atoms with Crippen LogP contribution >= 0.6 is 27.9 Å². The number of hydrogen-bond donors (Lipinski definition) is 0. The molecule has 1 aliphatic rings. The Bertz CT molecular complexity index is 490. The highest BCUT2D eigenvalue weighted by Gasteiger charge is 2.21. The molecule has 0 atom stereocenters. The summed E-state index contributed by atoms with van der Waals surface area (Å²) in [4.78, 5) is 6.86. The molecule has 2 aromatic carbocycles. The van der Waals surface area contributed by atoms with E-state index in [-0.39, 0.29) is 0 Å². The second-order valence-electron chi connectivity index (χ2n) is 3.36. The lowest BCUT2D eigenvalue weighted by molar-refractivity contribution is 0.358. The van der Waals surface area contributed by atoms with Gasteiger partial charge in [-0.1, -0.05) is 28.1 Å². The van der Waals surface area contributed by atoms with E-state index in [4.69, 9.17) is 4.84 Å².